The molecule has 1 aromatic heterocycles. The lowest BCUT2D eigenvalue weighted by Crippen LogP contribution is -2.28. The molecule has 0 spiro atoms. The molecule has 0 aliphatic rings. The molecule has 0 radical (unpaired) electrons. The standard InChI is InChI=1S/C12H23N3O4S/c1-5-12(6-2,18-3)11-14-10(19-15-11)9(13)7-8-20(4,16)17/h9H,5-8,13H2,1-4H3. The number of ether oxygens (including phenoxy) is 1. The molecule has 0 aliphatic heterocycles. The van der Waals surface area contributed by atoms with E-state index in [1.807, 2.05) is 13.8 Å². The van der Waals surface area contributed by atoms with E-state index in [1.165, 1.54) is 6.26 Å². The van der Waals surface area contributed by atoms with Crippen LogP contribution in [-0.4, -0.2) is 37.7 Å². The van der Waals surface area contributed by atoms with E-state index in [0.717, 1.165) is 0 Å². The van der Waals surface area contributed by atoms with Gasteiger partial charge in [-0.15, -0.1) is 0 Å². The van der Waals surface area contributed by atoms with Gasteiger partial charge < -0.3 is 15.0 Å². The van der Waals surface area contributed by atoms with Gasteiger partial charge in [-0.2, -0.15) is 4.98 Å². The minimum absolute atomic E-state index is 0.0111. The molecule has 0 bridgehead atoms. The SMILES string of the molecule is CCC(CC)(OC)c1noc(C(N)CCS(C)(=O)=O)n1. The van der Waals surface area contributed by atoms with E-state index in [2.05, 4.69) is 10.1 Å². The lowest BCUT2D eigenvalue weighted by molar-refractivity contribution is -0.0306. The van der Waals surface area contributed by atoms with E-state index in [9.17, 15) is 8.42 Å². The molecule has 0 aliphatic carbocycles. The Morgan fingerprint density at radius 2 is 2.00 bits per heavy atom. The van der Waals surface area contributed by atoms with Gasteiger partial charge in [0.15, 0.2) is 0 Å². The molecule has 0 amide bonds. The average Bonchev–Trinajstić information content (AvgIpc) is 2.88. The van der Waals surface area contributed by atoms with E-state index in [1.54, 1.807) is 7.11 Å². The van der Waals surface area contributed by atoms with E-state index in [-0.39, 0.29) is 18.1 Å². The van der Waals surface area contributed by atoms with Crippen LogP contribution in [-0.2, 0) is 20.2 Å². The quantitative estimate of drug-likeness (QED) is 0.767. The number of nitrogens with zero attached hydrogens (tertiary/aromatic N) is 2. The van der Waals surface area contributed by atoms with Crippen LogP contribution in [0.2, 0.25) is 0 Å². The summed E-state index contributed by atoms with van der Waals surface area (Å²) in [4.78, 5) is 4.27. The first kappa shape index (κ1) is 17.1. The van der Waals surface area contributed by atoms with Crippen molar-refractivity contribution in [3.63, 3.8) is 0 Å². The normalized spacial score (nSPS) is 14.4. The number of hydrogen-bond donors (Lipinski definition) is 1. The summed E-state index contributed by atoms with van der Waals surface area (Å²) in [5.41, 5.74) is 5.30. The van der Waals surface area contributed by atoms with Crippen molar-refractivity contribution in [3.8, 4) is 0 Å². The van der Waals surface area contributed by atoms with Crippen molar-refractivity contribution in [1.29, 1.82) is 0 Å². The maximum absolute atomic E-state index is 11.1. The van der Waals surface area contributed by atoms with Crippen LogP contribution in [0.1, 0.15) is 50.9 Å². The number of methoxy groups -OCH3 is 1. The third kappa shape index (κ3) is 4.00. The number of rotatable bonds is 8. The van der Waals surface area contributed by atoms with Gasteiger partial charge in [-0.05, 0) is 19.3 Å². The highest BCUT2D eigenvalue weighted by Crippen LogP contribution is 2.30. The molecule has 0 fully saturated rings. The van der Waals surface area contributed by atoms with Gasteiger partial charge in [0.05, 0.1) is 11.8 Å². The molecule has 1 atom stereocenters. The second-order valence-corrected chi connectivity index (χ2v) is 7.15. The summed E-state index contributed by atoms with van der Waals surface area (Å²) in [6.07, 6.45) is 2.83. The molecule has 1 unspecified atom stereocenters. The van der Waals surface area contributed by atoms with E-state index >= 15 is 0 Å². The predicted octanol–water partition coefficient (Wildman–Crippen LogP) is 1.17. The van der Waals surface area contributed by atoms with Gasteiger partial charge in [0.1, 0.15) is 15.4 Å². The van der Waals surface area contributed by atoms with Crippen molar-refractivity contribution < 1.29 is 17.7 Å². The van der Waals surface area contributed by atoms with E-state index < -0.39 is 21.5 Å². The van der Waals surface area contributed by atoms with Crippen LogP contribution in [0.15, 0.2) is 4.52 Å². The minimum atomic E-state index is -3.06. The summed E-state index contributed by atoms with van der Waals surface area (Å²) < 4.78 is 32.9. The van der Waals surface area contributed by atoms with Crippen molar-refractivity contribution in [3.05, 3.63) is 11.7 Å². The Balaban J connectivity index is 2.86. The Morgan fingerprint density at radius 3 is 2.45 bits per heavy atom. The summed E-state index contributed by atoms with van der Waals surface area (Å²) in [6.45, 7) is 3.96. The summed E-state index contributed by atoms with van der Waals surface area (Å²) in [6, 6.07) is -0.589. The van der Waals surface area contributed by atoms with E-state index in [0.29, 0.717) is 18.7 Å². The second-order valence-electron chi connectivity index (χ2n) is 4.89. The number of hydrogen-bond acceptors (Lipinski definition) is 7. The van der Waals surface area contributed by atoms with Gasteiger partial charge >= 0.3 is 0 Å². The van der Waals surface area contributed by atoms with Gasteiger partial charge in [0.2, 0.25) is 11.7 Å². The lowest BCUT2D eigenvalue weighted by Gasteiger charge is -2.25. The smallest absolute Gasteiger partial charge is 0.243 e. The summed E-state index contributed by atoms with van der Waals surface area (Å²) in [5, 5.41) is 3.93. The minimum Gasteiger partial charge on any atom is -0.370 e. The summed E-state index contributed by atoms with van der Waals surface area (Å²) in [5.74, 6) is 0.685. The van der Waals surface area contributed by atoms with Gasteiger partial charge in [0, 0.05) is 13.4 Å². The van der Waals surface area contributed by atoms with Crippen LogP contribution in [0.5, 0.6) is 0 Å². The zero-order chi connectivity index (χ0) is 15.4. The Labute approximate surface area is 119 Å². The Kier molecular flexibility index (Phi) is 5.67. The molecule has 0 aromatic carbocycles. The Morgan fingerprint density at radius 1 is 1.40 bits per heavy atom. The lowest BCUT2D eigenvalue weighted by atomic mass is 9.96. The van der Waals surface area contributed by atoms with Gasteiger partial charge in [-0.25, -0.2) is 8.42 Å². The third-order valence-electron chi connectivity index (χ3n) is 3.50. The third-order valence-corrected chi connectivity index (χ3v) is 4.48. The zero-order valence-electron chi connectivity index (χ0n) is 12.4. The van der Waals surface area contributed by atoms with Crippen LogP contribution in [0.25, 0.3) is 0 Å². The van der Waals surface area contributed by atoms with Crippen molar-refractivity contribution in [2.75, 3.05) is 19.1 Å². The highest BCUT2D eigenvalue weighted by atomic mass is 32.2. The fourth-order valence-corrected chi connectivity index (χ4v) is 2.66. The van der Waals surface area contributed by atoms with Crippen LogP contribution in [0.3, 0.4) is 0 Å². The predicted molar refractivity (Wildman–Crippen MR) is 74.8 cm³/mol. The first-order valence-electron chi connectivity index (χ1n) is 6.60. The number of nitrogens with two attached hydrogens (primary N) is 1. The van der Waals surface area contributed by atoms with Crippen molar-refractivity contribution >= 4 is 9.84 Å². The molecule has 116 valence electrons. The molecular formula is C12H23N3O4S. The van der Waals surface area contributed by atoms with Crippen molar-refractivity contribution in [1.82, 2.24) is 10.1 Å². The average molecular weight is 305 g/mol. The molecular weight excluding hydrogens is 282 g/mol. The monoisotopic (exact) mass is 305 g/mol. The molecule has 0 saturated carbocycles. The number of aromatic nitrogens is 2. The van der Waals surface area contributed by atoms with Gasteiger partial charge in [-0.1, -0.05) is 19.0 Å². The largest absolute Gasteiger partial charge is 0.370 e. The summed E-state index contributed by atoms with van der Waals surface area (Å²) in [7, 11) is -1.45. The molecule has 0 saturated heterocycles. The van der Waals surface area contributed by atoms with Crippen molar-refractivity contribution in [2.45, 2.75) is 44.8 Å². The van der Waals surface area contributed by atoms with Crippen LogP contribution < -0.4 is 5.73 Å². The molecule has 2 N–H and O–H groups in total. The molecule has 8 heteroatoms. The maximum atomic E-state index is 11.1. The van der Waals surface area contributed by atoms with Crippen molar-refractivity contribution in [2.24, 2.45) is 5.73 Å². The van der Waals surface area contributed by atoms with Gasteiger partial charge in [0.25, 0.3) is 0 Å². The van der Waals surface area contributed by atoms with Gasteiger partial charge in [-0.3, -0.25) is 0 Å². The van der Waals surface area contributed by atoms with Crippen LogP contribution in [0.4, 0.5) is 0 Å². The molecule has 20 heavy (non-hydrogen) atoms. The highest BCUT2D eigenvalue weighted by Gasteiger charge is 2.34. The molecule has 1 rings (SSSR count). The fourth-order valence-electron chi connectivity index (χ4n) is 1.98. The Hall–Kier alpha value is -0.990. The van der Waals surface area contributed by atoms with Crippen LogP contribution >= 0.6 is 0 Å². The van der Waals surface area contributed by atoms with E-state index in [4.69, 9.17) is 15.0 Å². The Bertz CT molecular complexity index is 514. The first-order chi connectivity index (χ1) is 9.28. The molecule has 7 nitrogen and oxygen atoms in total. The number of sulfone groups is 1. The molecule has 1 heterocycles. The fraction of sp³-hybridized carbons (Fsp3) is 0.833. The second kappa shape index (κ2) is 6.64. The molecule has 1 aromatic rings. The van der Waals surface area contributed by atoms with Crippen LogP contribution in [0, 0.1) is 0 Å². The first-order valence-corrected chi connectivity index (χ1v) is 8.66. The topological polar surface area (TPSA) is 108 Å². The zero-order valence-corrected chi connectivity index (χ0v) is 13.2. The summed E-state index contributed by atoms with van der Waals surface area (Å²) >= 11 is 0. The highest BCUT2D eigenvalue weighted by molar-refractivity contribution is 7.90. The maximum Gasteiger partial charge on any atom is 0.243 e.